The van der Waals surface area contributed by atoms with E-state index < -0.39 is 0 Å². The van der Waals surface area contributed by atoms with E-state index in [2.05, 4.69) is 19.1 Å². The molecule has 0 amide bonds. The number of aryl methyl sites for hydroxylation is 1. The third kappa shape index (κ3) is 2.79. The molecule has 2 atom stereocenters. The Hall–Kier alpha value is -0.410. The van der Waals surface area contributed by atoms with Crippen molar-refractivity contribution in [2.24, 2.45) is 5.73 Å². The van der Waals surface area contributed by atoms with E-state index >= 15 is 0 Å². The van der Waals surface area contributed by atoms with Crippen molar-refractivity contribution in [2.45, 2.75) is 49.7 Å². The van der Waals surface area contributed by atoms with Crippen molar-refractivity contribution < 1.29 is 4.42 Å². The largest absolute Gasteiger partial charge is 0.465 e. The van der Waals surface area contributed by atoms with Gasteiger partial charge in [-0.25, -0.2) is 0 Å². The minimum Gasteiger partial charge on any atom is -0.465 e. The lowest BCUT2D eigenvalue weighted by Gasteiger charge is -2.13. The molecule has 2 unspecified atom stereocenters. The molecule has 0 saturated heterocycles. The summed E-state index contributed by atoms with van der Waals surface area (Å²) in [5, 5.41) is 0.639. The highest BCUT2D eigenvalue weighted by atomic mass is 32.2. The van der Waals surface area contributed by atoms with Crippen LogP contribution in [0.25, 0.3) is 0 Å². The molecular weight excluding hydrogens is 206 g/mol. The van der Waals surface area contributed by atoms with Crippen LogP contribution in [0.5, 0.6) is 0 Å². The Bertz CT molecular complexity index is 310. The van der Waals surface area contributed by atoms with Gasteiger partial charge in [0.2, 0.25) is 0 Å². The van der Waals surface area contributed by atoms with Gasteiger partial charge in [-0.05, 0) is 25.0 Å². The fourth-order valence-electron chi connectivity index (χ4n) is 2.04. The molecule has 2 N–H and O–H groups in total. The zero-order valence-corrected chi connectivity index (χ0v) is 10.1. The maximum Gasteiger partial charge on any atom is 0.114 e. The predicted octanol–water partition coefficient (Wildman–Crippen LogP) is 2.96. The second-order valence-corrected chi connectivity index (χ2v) is 5.39. The molecule has 0 aromatic carbocycles. The first-order chi connectivity index (χ1) is 7.29. The molecule has 0 bridgehead atoms. The first-order valence-electron chi connectivity index (χ1n) is 5.74. The van der Waals surface area contributed by atoms with Gasteiger partial charge in [-0.15, -0.1) is 11.8 Å². The maximum atomic E-state index is 6.02. The van der Waals surface area contributed by atoms with Crippen molar-refractivity contribution in [1.29, 1.82) is 0 Å². The molecule has 84 valence electrons. The Kier molecular flexibility index (Phi) is 3.76. The number of furan rings is 1. The number of rotatable bonds is 4. The summed E-state index contributed by atoms with van der Waals surface area (Å²) < 4.78 is 5.67. The van der Waals surface area contributed by atoms with Crippen molar-refractivity contribution in [2.75, 3.05) is 0 Å². The minimum absolute atomic E-state index is 0.399. The van der Waals surface area contributed by atoms with Gasteiger partial charge in [0.25, 0.3) is 0 Å². The van der Waals surface area contributed by atoms with Crippen LogP contribution in [0.2, 0.25) is 0 Å². The molecule has 1 fully saturated rings. The van der Waals surface area contributed by atoms with Crippen LogP contribution in [-0.4, -0.2) is 11.3 Å². The Morgan fingerprint density at radius 2 is 2.20 bits per heavy atom. The van der Waals surface area contributed by atoms with Gasteiger partial charge < -0.3 is 10.2 Å². The van der Waals surface area contributed by atoms with Crippen molar-refractivity contribution >= 4 is 11.8 Å². The van der Waals surface area contributed by atoms with Gasteiger partial charge in [-0.2, -0.15) is 0 Å². The smallest absolute Gasteiger partial charge is 0.114 e. The van der Waals surface area contributed by atoms with Crippen LogP contribution in [0.3, 0.4) is 0 Å². The summed E-state index contributed by atoms with van der Waals surface area (Å²) in [4.78, 5) is 0. The SMILES string of the molecule is CCc1ccc(CSC2CCCC2N)o1. The van der Waals surface area contributed by atoms with Gasteiger partial charge in [0.15, 0.2) is 0 Å². The summed E-state index contributed by atoms with van der Waals surface area (Å²) in [5.41, 5.74) is 6.02. The fraction of sp³-hybridized carbons (Fsp3) is 0.667. The van der Waals surface area contributed by atoms with Gasteiger partial charge in [0.1, 0.15) is 11.5 Å². The molecule has 2 rings (SSSR count). The van der Waals surface area contributed by atoms with Crippen molar-refractivity contribution in [3.8, 4) is 0 Å². The quantitative estimate of drug-likeness (QED) is 0.856. The zero-order valence-electron chi connectivity index (χ0n) is 9.24. The Morgan fingerprint density at radius 1 is 1.40 bits per heavy atom. The summed E-state index contributed by atoms with van der Waals surface area (Å²) in [5.74, 6) is 3.15. The molecule has 1 saturated carbocycles. The van der Waals surface area contributed by atoms with Gasteiger partial charge in [0.05, 0.1) is 5.75 Å². The molecule has 2 nitrogen and oxygen atoms in total. The minimum atomic E-state index is 0.399. The lowest BCUT2D eigenvalue weighted by molar-refractivity contribution is 0.485. The molecule has 1 aliphatic carbocycles. The molecule has 0 spiro atoms. The molecule has 1 aromatic rings. The van der Waals surface area contributed by atoms with Crippen LogP contribution in [0.1, 0.15) is 37.7 Å². The highest BCUT2D eigenvalue weighted by Gasteiger charge is 2.24. The highest BCUT2D eigenvalue weighted by Crippen LogP contribution is 2.31. The molecule has 1 heterocycles. The molecule has 3 heteroatoms. The summed E-state index contributed by atoms with van der Waals surface area (Å²) in [6, 6.07) is 4.56. The number of hydrogen-bond donors (Lipinski definition) is 1. The van der Waals surface area contributed by atoms with Crippen LogP contribution < -0.4 is 5.73 Å². The van der Waals surface area contributed by atoms with Crippen LogP contribution >= 0.6 is 11.8 Å². The van der Waals surface area contributed by atoms with Crippen LogP contribution in [0.4, 0.5) is 0 Å². The molecule has 0 aliphatic heterocycles. The van der Waals surface area contributed by atoms with Crippen LogP contribution in [0.15, 0.2) is 16.5 Å². The van der Waals surface area contributed by atoms with E-state index in [0.29, 0.717) is 11.3 Å². The predicted molar refractivity (Wildman–Crippen MR) is 65.0 cm³/mol. The van der Waals surface area contributed by atoms with E-state index in [1.165, 1.54) is 19.3 Å². The monoisotopic (exact) mass is 225 g/mol. The molecule has 1 aromatic heterocycles. The second-order valence-electron chi connectivity index (χ2n) is 4.17. The summed E-state index contributed by atoms with van der Waals surface area (Å²) in [6.07, 6.45) is 4.73. The van der Waals surface area contributed by atoms with Gasteiger partial charge >= 0.3 is 0 Å². The topological polar surface area (TPSA) is 39.2 Å². The van der Waals surface area contributed by atoms with Crippen molar-refractivity contribution in [1.82, 2.24) is 0 Å². The molecular formula is C12H19NOS. The van der Waals surface area contributed by atoms with E-state index in [-0.39, 0.29) is 0 Å². The van der Waals surface area contributed by atoms with Crippen molar-refractivity contribution in [3.05, 3.63) is 23.7 Å². The zero-order chi connectivity index (χ0) is 10.7. The third-order valence-corrected chi connectivity index (χ3v) is 4.47. The number of hydrogen-bond acceptors (Lipinski definition) is 3. The number of nitrogens with two attached hydrogens (primary N) is 1. The lowest BCUT2D eigenvalue weighted by atomic mass is 10.3. The Morgan fingerprint density at radius 3 is 2.80 bits per heavy atom. The fourth-order valence-corrected chi connectivity index (χ4v) is 3.29. The summed E-state index contributed by atoms with van der Waals surface area (Å²) in [7, 11) is 0. The Labute approximate surface area is 95.6 Å². The standard InChI is InChI=1S/C12H19NOS/c1-2-9-6-7-10(14-9)8-15-12-5-3-4-11(12)13/h6-7,11-12H,2-5,8,13H2,1H3. The number of thioether (sulfide) groups is 1. The van der Waals surface area contributed by atoms with Crippen LogP contribution in [0, 0.1) is 0 Å². The van der Waals surface area contributed by atoms with Gasteiger partial charge in [0, 0.05) is 17.7 Å². The Balaban J connectivity index is 1.82. The van der Waals surface area contributed by atoms with E-state index in [9.17, 15) is 0 Å². The van der Waals surface area contributed by atoms with E-state index in [1.807, 2.05) is 11.8 Å². The van der Waals surface area contributed by atoms with Crippen LogP contribution in [-0.2, 0) is 12.2 Å². The van der Waals surface area contributed by atoms with Crippen molar-refractivity contribution in [3.63, 3.8) is 0 Å². The third-order valence-electron chi connectivity index (χ3n) is 3.01. The van der Waals surface area contributed by atoms with Gasteiger partial charge in [-0.1, -0.05) is 13.3 Å². The molecule has 15 heavy (non-hydrogen) atoms. The first kappa shape index (κ1) is 11.1. The van der Waals surface area contributed by atoms with Gasteiger partial charge in [-0.3, -0.25) is 0 Å². The van der Waals surface area contributed by atoms with E-state index in [4.69, 9.17) is 10.2 Å². The van der Waals surface area contributed by atoms with E-state index in [1.54, 1.807) is 0 Å². The lowest BCUT2D eigenvalue weighted by Crippen LogP contribution is -2.26. The second kappa shape index (κ2) is 5.08. The normalized spacial score (nSPS) is 26.0. The maximum absolute atomic E-state index is 6.02. The summed E-state index contributed by atoms with van der Waals surface area (Å²) in [6.45, 7) is 2.11. The molecule has 1 aliphatic rings. The average molecular weight is 225 g/mol. The first-order valence-corrected chi connectivity index (χ1v) is 6.79. The highest BCUT2D eigenvalue weighted by molar-refractivity contribution is 7.99. The average Bonchev–Trinajstić information content (AvgIpc) is 2.84. The molecule has 0 radical (unpaired) electrons. The summed E-state index contributed by atoms with van der Waals surface area (Å²) >= 11 is 1.95. The van der Waals surface area contributed by atoms with E-state index in [0.717, 1.165) is 23.7 Å².